The van der Waals surface area contributed by atoms with Gasteiger partial charge in [-0.3, -0.25) is 0 Å². The highest BCUT2D eigenvalue weighted by molar-refractivity contribution is 7.80. The van der Waals surface area contributed by atoms with Gasteiger partial charge in [-0.1, -0.05) is 42.0 Å². The number of anilines is 1. The Morgan fingerprint density at radius 3 is 2.62 bits per heavy atom. The van der Waals surface area contributed by atoms with Gasteiger partial charge in [-0.05, 0) is 36.8 Å². The van der Waals surface area contributed by atoms with Crippen LogP contribution in [0, 0.1) is 0 Å². The van der Waals surface area contributed by atoms with Crippen LogP contribution in [0.25, 0.3) is 0 Å². The summed E-state index contributed by atoms with van der Waals surface area (Å²) >= 11 is 11.1. The minimum absolute atomic E-state index is 0.347. The zero-order valence-corrected chi connectivity index (χ0v) is 13.1. The summed E-state index contributed by atoms with van der Waals surface area (Å²) in [4.78, 5) is 0.347. The van der Waals surface area contributed by atoms with E-state index in [-0.39, 0.29) is 0 Å². The Bertz CT molecular complexity index is 604. The summed E-state index contributed by atoms with van der Waals surface area (Å²) in [5.74, 6) is 0.886. The number of hydrogen-bond acceptors (Lipinski definition) is 3. The standard InChI is InChI=1S/C16H17ClN2OS/c17-14-11-12(16(18)21)7-8-15(14)19-9-4-10-20-13-5-2-1-3-6-13/h1-3,5-8,11,19H,4,9-10H2,(H2,18,21). The number of halogens is 1. The Labute approximate surface area is 135 Å². The maximum absolute atomic E-state index is 6.17. The molecule has 0 bridgehead atoms. The van der Waals surface area contributed by atoms with Gasteiger partial charge in [0.1, 0.15) is 10.7 Å². The molecule has 0 spiro atoms. The second-order valence-electron chi connectivity index (χ2n) is 4.50. The lowest BCUT2D eigenvalue weighted by Crippen LogP contribution is -2.10. The minimum Gasteiger partial charge on any atom is -0.494 e. The van der Waals surface area contributed by atoms with Crippen molar-refractivity contribution in [1.82, 2.24) is 0 Å². The van der Waals surface area contributed by atoms with Crippen molar-refractivity contribution in [2.75, 3.05) is 18.5 Å². The van der Waals surface area contributed by atoms with Crippen LogP contribution >= 0.6 is 23.8 Å². The molecule has 0 aliphatic heterocycles. The second kappa shape index (κ2) is 7.86. The van der Waals surface area contributed by atoms with Gasteiger partial charge in [-0.2, -0.15) is 0 Å². The molecule has 0 heterocycles. The Hall–Kier alpha value is -1.78. The molecule has 2 aromatic rings. The van der Waals surface area contributed by atoms with Crippen molar-refractivity contribution >= 4 is 34.5 Å². The average Bonchev–Trinajstić information content (AvgIpc) is 2.49. The molecule has 2 rings (SSSR count). The Morgan fingerprint density at radius 1 is 1.19 bits per heavy atom. The summed E-state index contributed by atoms with van der Waals surface area (Å²) in [6, 6.07) is 15.3. The lowest BCUT2D eigenvalue weighted by Gasteiger charge is -2.10. The molecule has 3 nitrogen and oxygen atoms in total. The summed E-state index contributed by atoms with van der Waals surface area (Å²) in [5.41, 5.74) is 7.21. The molecule has 21 heavy (non-hydrogen) atoms. The van der Waals surface area contributed by atoms with E-state index in [1.54, 1.807) is 6.07 Å². The molecule has 0 aliphatic carbocycles. The topological polar surface area (TPSA) is 47.3 Å². The lowest BCUT2D eigenvalue weighted by molar-refractivity contribution is 0.315. The molecule has 0 atom stereocenters. The summed E-state index contributed by atoms with van der Waals surface area (Å²) in [6.07, 6.45) is 0.877. The first-order valence-corrected chi connectivity index (χ1v) is 7.46. The second-order valence-corrected chi connectivity index (χ2v) is 5.35. The molecular formula is C16H17ClN2OS. The molecule has 110 valence electrons. The number of benzene rings is 2. The average molecular weight is 321 g/mol. The molecule has 0 aliphatic rings. The third kappa shape index (κ3) is 4.92. The van der Waals surface area contributed by atoms with E-state index in [0.717, 1.165) is 30.0 Å². The first-order valence-electron chi connectivity index (χ1n) is 6.68. The van der Waals surface area contributed by atoms with Crippen molar-refractivity contribution in [3.63, 3.8) is 0 Å². The van der Waals surface area contributed by atoms with Gasteiger partial charge in [0.15, 0.2) is 0 Å². The third-order valence-electron chi connectivity index (χ3n) is 2.90. The van der Waals surface area contributed by atoms with Crippen LogP contribution in [0.15, 0.2) is 48.5 Å². The predicted molar refractivity (Wildman–Crippen MR) is 92.4 cm³/mol. The number of thiocarbonyl (C=S) groups is 1. The van der Waals surface area contributed by atoms with E-state index in [4.69, 9.17) is 34.3 Å². The van der Waals surface area contributed by atoms with Crippen molar-refractivity contribution in [2.45, 2.75) is 6.42 Å². The largest absolute Gasteiger partial charge is 0.494 e. The van der Waals surface area contributed by atoms with E-state index < -0.39 is 0 Å². The Balaban J connectivity index is 1.75. The van der Waals surface area contributed by atoms with Crippen LogP contribution in [0.2, 0.25) is 5.02 Å². The van der Waals surface area contributed by atoms with Crippen molar-refractivity contribution in [3.05, 3.63) is 59.1 Å². The number of para-hydroxylation sites is 1. The first-order chi connectivity index (χ1) is 10.2. The van der Waals surface area contributed by atoms with Crippen LogP contribution in [0.4, 0.5) is 5.69 Å². The van der Waals surface area contributed by atoms with E-state index in [0.29, 0.717) is 16.6 Å². The van der Waals surface area contributed by atoms with Crippen molar-refractivity contribution in [1.29, 1.82) is 0 Å². The minimum atomic E-state index is 0.347. The van der Waals surface area contributed by atoms with Gasteiger partial charge in [0.05, 0.1) is 17.3 Å². The smallest absolute Gasteiger partial charge is 0.119 e. The summed E-state index contributed by atoms with van der Waals surface area (Å²) < 4.78 is 5.62. The Kier molecular flexibility index (Phi) is 5.84. The molecular weight excluding hydrogens is 304 g/mol. The molecule has 3 N–H and O–H groups in total. The first kappa shape index (κ1) is 15.6. The molecule has 0 fully saturated rings. The molecule has 0 radical (unpaired) electrons. The van der Waals surface area contributed by atoms with Gasteiger partial charge < -0.3 is 15.8 Å². The highest BCUT2D eigenvalue weighted by Gasteiger charge is 2.03. The van der Waals surface area contributed by atoms with E-state index in [2.05, 4.69) is 5.32 Å². The maximum Gasteiger partial charge on any atom is 0.119 e. The fourth-order valence-corrected chi connectivity index (χ4v) is 2.19. The van der Waals surface area contributed by atoms with Gasteiger partial charge in [0, 0.05) is 12.1 Å². The quantitative estimate of drug-likeness (QED) is 0.601. The SMILES string of the molecule is NC(=S)c1ccc(NCCCOc2ccccc2)c(Cl)c1. The molecule has 5 heteroatoms. The monoisotopic (exact) mass is 320 g/mol. The summed E-state index contributed by atoms with van der Waals surface area (Å²) in [5, 5.41) is 3.88. The molecule has 0 aromatic heterocycles. The number of rotatable bonds is 7. The zero-order chi connectivity index (χ0) is 15.1. The number of nitrogens with two attached hydrogens (primary N) is 1. The fourth-order valence-electron chi connectivity index (χ4n) is 1.81. The third-order valence-corrected chi connectivity index (χ3v) is 3.45. The predicted octanol–water partition coefficient (Wildman–Crippen LogP) is 3.86. The van der Waals surface area contributed by atoms with Crippen molar-refractivity contribution in [2.24, 2.45) is 5.73 Å². The highest BCUT2D eigenvalue weighted by atomic mass is 35.5. The van der Waals surface area contributed by atoms with Gasteiger partial charge in [-0.15, -0.1) is 0 Å². The summed E-state index contributed by atoms with van der Waals surface area (Å²) in [6.45, 7) is 1.43. The van der Waals surface area contributed by atoms with E-state index in [1.807, 2.05) is 42.5 Å². The van der Waals surface area contributed by atoms with Gasteiger partial charge >= 0.3 is 0 Å². The lowest BCUT2D eigenvalue weighted by atomic mass is 10.2. The van der Waals surface area contributed by atoms with E-state index in [9.17, 15) is 0 Å². The van der Waals surface area contributed by atoms with Gasteiger partial charge in [0.25, 0.3) is 0 Å². The molecule has 0 saturated heterocycles. The van der Waals surface area contributed by atoms with Crippen LogP contribution in [-0.2, 0) is 0 Å². The van der Waals surface area contributed by atoms with Crippen LogP contribution in [0.5, 0.6) is 5.75 Å². The molecule has 0 amide bonds. The number of nitrogens with one attached hydrogen (secondary N) is 1. The van der Waals surface area contributed by atoms with Crippen molar-refractivity contribution < 1.29 is 4.74 Å². The van der Waals surface area contributed by atoms with Gasteiger partial charge in [0.2, 0.25) is 0 Å². The van der Waals surface area contributed by atoms with Crippen LogP contribution in [0.1, 0.15) is 12.0 Å². The molecule has 2 aromatic carbocycles. The molecule has 0 unspecified atom stereocenters. The van der Waals surface area contributed by atoms with Crippen LogP contribution < -0.4 is 15.8 Å². The van der Waals surface area contributed by atoms with Crippen molar-refractivity contribution in [3.8, 4) is 5.75 Å². The van der Waals surface area contributed by atoms with Crippen LogP contribution in [0.3, 0.4) is 0 Å². The Morgan fingerprint density at radius 2 is 1.95 bits per heavy atom. The fraction of sp³-hybridized carbons (Fsp3) is 0.188. The van der Waals surface area contributed by atoms with Crippen LogP contribution in [-0.4, -0.2) is 18.1 Å². The highest BCUT2D eigenvalue weighted by Crippen LogP contribution is 2.23. The van der Waals surface area contributed by atoms with Gasteiger partial charge in [-0.25, -0.2) is 0 Å². The number of ether oxygens (including phenoxy) is 1. The van der Waals surface area contributed by atoms with E-state index >= 15 is 0 Å². The zero-order valence-electron chi connectivity index (χ0n) is 11.5. The molecule has 0 saturated carbocycles. The normalized spacial score (nSPS) is 10.1. The van der Waals surface area contributed by atoms with E-state index in [1.165, 1.54) is 0 Å². The summed E-state index contributed by atoms with van der Waals surface area (Å²) in [7, 11) is 0. The number of hydrogen-bond donors (Lipinski definition) is 2. The maximum atomic E-state index is 6.17.